The van der Waals surface area contributed by atoms with Crippen LogP contribution in [-0.4, -0.2) is 0 Å². The number of fused-ring (bicyclic) bond motifs is 1. The highest BCUT2D eigenvalue weighted by atomic mass is 32.1. The molecule has 0 amide bonds. The molecule has 0 aliphatic heterocycles. The minimum absolute atomic E-state index is 0.118. The lowest BCUT2D eigenvalue weighted by molar-refractivity contribution is -0.136. The maximum Gasteiger partial charge on any atom is 0.417 e. The fraction of sp³-hybridized carbons (Fsp3) is 0.385. The summed E-state index contributed by atoms with van der Waals surface area (Å²) >= 11 is 1.43. The minimum Gasteiger partial charge on any atom is -0.166 e. The lowest BCUT2D eigenvalue weighted by Gasteiger charge is -2.15. The second-order valence-corrected chi connectivity index (χ2v) is 6.16. The number of hydrogen-bond acceptors (Lipinski definition) is 1. The van der Waals surface area contributed by atoms with Crippen molar-refractivity contribution >= 4 is 21.4 Å². The normalized spacial score (nSPS) is 13.3. The van der Waals surface area contributed by atoms with Crippen molar-refractivity contribution in [2.75, 3.05) is 0 Å². The van der Waals surface area contributed by atoms with E-state index in [4.69, 9.17) is 0 Å². The first kappa shape index (κ1) is 12.4. The van der Waals surface area contributed by atoms with Crippen LogP contribution in [0.25, 0.3) is 10.1 Å². The van der Waals surface area contributed by atoms with Crippen molar-refractivity contribution in [2.24, 2.45) is 0 Å². The average molecular weight is 258 g/mol. The first-order valence-corrected chi connectivity index (χ1v) is 6.11. The third-order valence-electron chi connectivity index (χ3n) is 2.61. The summed E-state index contributed by atoms with van der Waals surface area (Å²) in [6.07, 6.45) is -4.28. The maximum absolute atomic E-state index is 12.8. The summed E-state index contributed by atoms with van der Waals surface area (Å²) in [5, 5.41) is 0.315. The smallest absolute Gasteiger partial charge is 0.166 e. The molecule has 17 heavy (non-hydrogen) atoms. The van der Waals surface area contributed by atoms with E-state index < -0.39 is 11.7 Å². The molecule has 0 saturated carbocycles. The van der Waals surface area contributed by atoms with Crippen LogP contribution in [0.15, 0.2) is 24.3 Å². The van der Waals surface area contributed by atoms with Gasteiger partial charge >= 0.3 is 6.18 Å². The first-order chi connectivity index (χ1) is 7.69. The van der Waals surface area contributed by atoms with Gasteiger partial charge in [0.05, 0.1) is 5.56 Å². The van der Waals surface area contributed by atoms with Crippen LogP contribution in [0.4, 0.5) is 13.2 Å². The summed E-state index contributed by atoms with van der Waals surface area (Å²) in [5.74, 6) is 0. The lowest BCUT2D eigenvalue weighted by Crippen LogP contribution is -2.08. The van der Waals surface area contributed by atoms with Gasteiger partial charge in [-0.15, -0.1) is 11.3 Å². The number of benzene rings is 1. The highest BCUT2D eigenvalue weighted by molar-refractivity contribution is 7.19. The Morgan fingerprint density at radius 1 is 1.06 bits per heavy atom. The molecule has 0 aliphatic rings. The van der Waals surface area contributed by atoms with Gasteiger partial charge in [-0.25, -0.2) is 0 Å². The van der Waals surface area contributed by atoms with Crippen molar-refractivity contribution in [3.63, 3.8) is 0 Å². The van der Waals surface area contributed by atoms with Crippen molar-refractivity contribution in [1.82, 2.24) is 0 Å². The van der Waals surface area contributed by atoms with E-state index in [1.54, 1.807) is 12.1 Å². The highest BCUT2D eigenvalue weighted by Gasteiger charge is 2.33. The molecule has 2 rings (SSSR count). The minimum atomic E-state index is -4.28. The van der Waals surface area contributed by atoms with E-state index in [2.05, 4.69) is 0 Å². The van der Waals surface area contributed by atoms with Crippen LogP contribution in [0.1, 0.15) is 31.2 Å². The monoisotopic (exact) mass is 258 g/mol. The summed E-state index contributed by atoms with van der Waals surface area (Å²) in [4.78, 5) is 0.976. The number of thiophene rings is 1. The van der Waals surface area contributed by atoms with Gasteiger partial charge in [0, 0.05) is 15.0 Å². The molecule has 0 unspecified atom stereocenters. The van der Waals surface area contributed by atoms with E-state index >= 15 is 0 Å². The Balaban J connectivity index is 2.70. The largest absolute Gasteiger partial charge is 0.417 e. The SMILES string of the molecule is CC(C)(C)c1cc2c(C(F)(F)F)cccc2s1. The molecule has 2 aromatic rings. The van der Waals surface area contributed by atoms with E-state index in [1.807, 2.05) is 20.8 Å². The van der Waals surface area contributed by atoms with Crippen molar-refractivity contribution in [3.8, 4) is 0 Å². The molecule has 0 aliphatic carbocycles. The second-order valence-electron chi connectivity index (χ2n) is 5.08. The molecule has 0 nitrogen and oxygen atoms in total. The Hall–Kier alpha value is -1.03. The third kappa shape index (κ3) is 2.32. The zero-order valence-electron chi connectivity index (χ0n) is 9.85. The van der Waals surface area contributed by atoms with E-state index in [1.165, 1.54) is 17.4 Å². The maximum atomic E-state index is 12.8. The summed E-state index contributed by atoms with van der Waals surface area (Å²) < 4.78 is 39.2. The number of hydrogen-bond donors (Lipinski definition) is 0. The molecule has 4 heteroatoms. The topological polar surface area (TPSA) is 0 Å². The molecule has 1 aromatic carbocycles. The van der Waals surface area contributed by atoms with Gasteiger partial charge in [-0.05, 0) is 23.6 Å². The molecule has 0 atom stereocenters. The van der Waals surface area contributed by atoms with Gasteiger partial charge in [0.25, 0.3) is 0 Å². The molecule has 92 valence electrons. The average Bonchev–Trinajstić information content (AvgIpc) is 2.57. The molecule has 1 heterocycles. The molecule has 0 fully saturated rings. The van der Waals surface area contributed by atoms with Crippen LogP contribution in [-0.2, 0) is 11.6 Å². The van der Waals surface area contributed by atoms with Crippen LogP contribution < -0.4 is 0 Å². The van der Waals surface area contributed by atoms with Gasteiger partial charge in [-0.1, -0.05) is 26.8 Å². The van der Waals surface area contributed by atoms with Crippen LogP contribution in [0, 0.1) is 0 Å². The molecular weight excluding hydrogens is 245 g/mol. The Morgan fingerprint density at radius 3 is 2.24 bits per heavy atom. The van der Waals surface area contributed by atoms with Crippen LogP contribution in [0.5, 0.6) is 0 Å². The fourth-order valence-corrected chi connectivity index (χ4v) is 2.82. The number of rotatable bonds is 0. The fourth-order valence-electron chi connectivity index (χ4n) is 1.68. The lowest BCUT2D eigenvalue weighted by atomic mass is 9.94. The van der Waals surface area contributed by atoms with Crippen molar-refractivity contribution < 1.29 is 13.2 Å². The van der Waals surface area contributed by atoms with E-state index in [0.717, 1.165) is 10.9 Å². The summed E-state index contributed by atoms with van der Waals surface area (Å²) in [6.45, 7) is 6.01. The molecule has 0 bridgehead atoms. The first-order valence-electron chi connectivity index (χ1n) is 5.30. The Bertz CT molecular complexity index is 544. The van der Waals surface area contributed by atoms with Gasteiger partial charge in [-0.3, -0.25) is 0 Å². The summed E-state index contributed by atoms with van der Waals surface area (Å²) in [6, 6.07) is 6.02. The van der Waals surface area contributed by atoms with Crippen LogP contribution in [0.2, 0.25) is 0 Å². The third-order valence-corrected chi connectivity index (χ3v) is 4.13. The zero-order valence-corrected chi connectivity index (χ0v) is 10.7. The van der Waals surface area contributed by atoms with Gasteiger partial charge < -0.3 is 0 Å². The molecular formula is C13H13F3S. The predicted molar refractivity (Wildman–Crippen MR) is 65.5 cm³/mol. The summed E-state index contributed by atoms with van der Waals surface area (Å²) in [7, 11) is 0. The predicted octanol–water partition coefficient (Wildman–Crippen LogP) is 5.22. The van der Waals surface area contributed by atoms with Gasteiger partial charge in [0.1, 0.15) is 0 Å². The van der Waals surface area contributed by atoms with E-state index in [0.29, 0.717) is 10.1 Å². The van der Waals surface area contributed by atoms with Gasteiger partial charge in [0.2, 0.25) is 0 Å². The van der Waals surface area contributed by atoms with Gasteiger partial charge in [0.15, 0.2) is 0 Å². The molecule has 0 N–H and O–H groups in total. The quantitative estimate of drug-likeness (QED) is 0.608. The highest BCUT2D eigenvalue weighted by Crippen LogP contribution is 2.40. The van der Waals surface area contributed by atoms with E-state index in [-0.39, 0.29) is 5.41 Å². The van der Waals surface area contributed by atoms with Gasteiger partial charge in [-0.2, -0.15) is 13.2 Å². The Morgan fingerprint density at radius 2 is 1.71 bits per heavy atom. The standard InChI is InChI=1S/C13H13F3S/c1-12(2,3)11-7-8-9(13(14,15)16)5-4-6-10(8)17-11/h4-7H,1-3H3. The number of alkyl halides is 3. The van der Waals surface area contributed by atoms with Crippen molar-refractivity contribution in [3.05, 3.63) is 34.7 Å². The zero-order chi connectivity index (χ0) is 12.8. The summed E-state index contributed by atoms with van der Waals surface area (Å²) in [5.41, 5.74) is -0.659. The van der Waals surface area contributed by atoms with Crippen molar-refractivity contribution in [2.45, 2.75) is 32.4 Å². The Labute approximate surface area is 102 Å². The molecule has 0 saturated heterocycles. The molecule has 0 radical (unpaired) electrons. The van der Waals surface area contributed by atoms with Crippen LogP contribution >= 0.6 is 11.3 Å². The van der Waals surface area contributed by atoms with E-state index in [9.17, 15) is 13.2 Å². The molecule has 1 aromatic heterocycles. The Kier molecular flexibility index (Phi) is 2.73. The molecule has 0 spiro atoms. The van der Waals surface area contributed by atoms with Crippen LogP contribution in [0.3, 0.4) is 0 Å². The van der Waals surface area contributed by atoms with Crippen molar-refractivity contribution in [1.29, 1.82) is 0 Å². The number of halogens is 3. The second kappa shape index (κ2) is 3.73.